The van der Waals surface area contributed by atoms with E-state index in [1.807, 2.05) is 12.1 Å². The number of aromatic nitrogens is 1. The average molecular weight is 354 g/mol. The third kappa shape index (κ3) is 3.32. The molecule has 2 heterocycles. The van der Waals surface area contributed by atoms with E-state index in [0.29, 0.717) is 19.6 Å². The molecule has 3 rings (SSSR count). The molecule has 1 saturated heterocycles. The summed E-state index contributed by atoms with van der Waals surface area (Å²) in [6.45, 7) is 1.76. The van der Waals surface area contributed by atoms with Gasteiger partial charge in [0.1, 0.15) is 5.82 Å². The van der Waals surface area contributed by atoms with Gasteiger partial charge in [0.15, 0.2) is 0 Å². The number of pyridine rings is 1. The largest absolute Gasteiger partial charge is 0.329 e. The average Bonchev–Trinajstić information content (AvgIpc) is 2.58. The summed E-state index contributed by atoms with van der Waals surface area (Å²) in [4.78, 5) is 18.6. The van der Waals surface area contributed by atoms with Gasteiger partial charge in [0, 0.05) is 32.0 Å². The zero-order valence-electron chi connectivity index (χ0n) is 12.1. The van der Waals surface area contributed by atoms with Crippen LogP contribution in [0, 0.1) is 5.82 Å². The van der Waals surface area contributed by atoms with Crippen LogP contribution in [-0.2, 0) is 0 Å². The second-order valence-corrected chi connectivity index (χ2v) is 6.07. The predicted octanol–water partition coefficient (Wildman–Crippen LogP) is 3.31. The molecule has 1 atom stereocenters. The Morgan fingerprint density at radius 1 is 1.35 bits per heavy atom. The van der Waals surface area contributed by atoms with Crippen molar-refractivity contribution in [1.29, 1.82) is 0 Å². The maximum absolute atomic E-state index is 13.7. The van der Waals surface area contributed by atoms with E-state index in [4.69, 9.17) is 23.2 Å². The molecule has 4 nitrogen and oxygen atoms in total. The number of hydrogen-bond acceptors (Lipinski definition) is 3. The lowest BCUT2D eigenvalue weighted by Gasteiger charge is -2.36. The maximum Gasteiger partial charge on any atom is 0.256 e. The van der Waals surface area contributed by atoms with Gasteiger partial charge < -0.3 is 10.2 Å². The fourth-order valence-corrected chi connectivity index (χ4v) is 3.12. The van der Waals surface area contributed by atoms with Crippen LogP contribution in [-0.4, -0.2) is 35.4 Å². The van der Waals surface area contributed by atoms with Crippen LogP contribution in [0.4, 0.5) is 4.39 Å². The number of hydrogen-bond donors (Lipinski definition) is 1. The Morgan fingerprint density at radius 2 is 2.17 bits per heavy atom. The third-order valence-electron chi connectivity index (χ3n) is 3.81. The van der Waals surface area contributed by atoms with Crippen molar-refractivity contribution in [2.45, 2.75) is 6.04 Å². The molecule has 1 unspecified atom stereocenters. The molecule has 1 fully saturated rings. The van der Waals surface area contributed by atoms with Crippen LogP contribution in [0.1, 0.15) is 22.0 Å². The molecule has 120 valence electrons. The van der Waals surface area contributed by atoms with Crippen molar-refractivity contribution in [3.63, 3.8) is 0 Å². The number of amides is 1. The van der Waals surface area contributed by atoms with Gasteiger partial charge in [0.05, 0.1) is 21.7 Å². The normalized spacial score (nSPS) is 18.0. The molecule has 1 aromatic heterocycles. The van der Waals surface area contributed by atoms with E-state index in [1.54, 1.807) is 17.3 Å². The van der Waals surface area contributed by atoms with Gasteiger partial charge in [-0.1, -0.05) is 29.3 Å². The molecule has 0 bridgehead atoms. The quantitative estimate of drug-likeness (QED) is 0.842. The first-order chi connectivity index (χ1) is 11.1. The highest BCUT2D eigenvalue weighted by Gasteiger charge is 2.30. The lowest BCUT2D eigenvalue weighted by atomic mass is 10.0. The second-order valence-electron chi connectivity index (χ2n) is 5.25. The Labute approximate surface area is 143 Å². The minimum Gasteiger partial charge on any atom is -0.329 e. The van der Waals surface area contributed by atoms with Crippen molar-refractivity contribution in [3.8, 4) is 0 Å². The Hall–Kier alpha value is -1.69. The standard InChI is InChI=1S/C16H14Cl2FN3O/c17-12-7-13(18)14(19)6-11(12)16(23)22-5-4-21-9-15(22)10-2-1-3-20-8-10/h1-3,6-8,15,21H,4-5,9H2. The smallest absolute Gasteiger partial charge is 0.256 e. The van der Waals surface area contributed by atoms with Gasteiger partial charge in [-0.2, -0.15) is 0 Å². The number of nitrogens with one attached hydrogen (secondary N) is 1. The zero-order valence-corrected chi connectivity index (χ0v) is 13.6. The van der Waals surface area contributed by atoms with Gasteiger partial charge in [-0.3, -0.25) is 9.78 Å². The molecule has 1 aliphatic heterocycles. The highest BCUT2D eigenvalue weighted by molar-refractivity contribution is 6.36. The van der Waals surface area contributed by atoms with Crippen LogP contribution in [0.5, 0.6) is 0 Å². The summed E-state index contributed by atoms with van der Waals surface area (Å²) in [6, 6.07) is 5.90. The van der Waals surface area contributed by atoms with Crippen molar-refractivity contribution in [2.75, 3.05) is 19.6 Å². The third-order valence-corrected chi connectivity index (χ3v) is 4.42. The number of carbonyl (C=O) groups is 1. The molecule has 2 aromatic rings. The van der Waals surface area contributed by atoms with E-state index in [2.05, 4.69) is 10.3 Å². The molecular formula is C16H14Cl2FN3O. The molecule has 1 aromatic carbocycles. The summed E-state index contributed by atoms with van der Waals surface area (Å²) >= 11 is 11.8. The molecule has 0 spiro atoms. The van der Waals surface area contributed by atoms with Gasteiger partial charge in [-0.25, -0.2) is 4.39 Å². The van der Waals surface area contributed by atoms with Crippen molar-refractivity contribution >= 4 is 29.1 Å². The molecular weight excluding hydrogens is 340 g/mol. The van der Waals surface area contributed by atoms with E-state index in [9.17, 15) is 9.18 Å². The highest BCUT2D eigenvalue weighted by atomic mass is 35.5. The second kappa shape index (κ2) is 6.83. The summed E-state index contributed by atoms with van der Waals surface area (Å²) < 4.78 is 13.7. The van der Waals surface area contributed by atoms with Crippen LogP contribution in [0.3, 0.4) is 0 Å². The number of piperazine rings is 1. The van der Waals surface area contributed by atoms with E-state index >= 15 is 0 Å². The van der Waals surface area contributed by atoms with E-state index < -0.39 is 5.82 Å². The lowest BCUT2D eigenvalue weighted by Crippen LogP contribution is -2.48. The van der Waals surface area contributed by atoms with E-state index in [1.165, 1.54) is 6.07 Å². The maximum atomic E-state index is 13.7. The van der Waals surface area contributed by atoms with Crippen molar-refractivity contribution in [3.05, 3.63) is 63.6 Å². The first-order valence-corrected chi connectivity index (χ1v) is 7.89. The summed E-state index contributed by atoms with van der Waals surface area (Å²) in [5.74, 6) is -0.978. The molecule has 1 amide bonds. The minimum absolute atomic E-state index is 0.101. The first-order valence-electron chi connectivity index (χ1n) is 7.14. The van der Waals surface area contributed by atoms with E-state index in [-0.39, 0.29) is 27.6 Å². The Morgan fingerprint density at radius 3 is 2.91 bits per heavy atom. The lowest BCUT2D eigenvalue weighted by molar-refractivity contribution is 0.0633. The first kappa shape index (κ1) is 16.2. The van der Waals surface area contributed by atoms with Crippen LogP contribution in [0.2, 0.25) is 10.0 Å². The monoisotopic (exact) mass is 353 g/mol. The Balaban J connectivity index is 1.95. The van der Waals surface area contributed by atoms with Crippen LogP contribution >= 0.6 is 23.2 Å². The topological polar surface area (TPSA) is 45.2 Å². The zero-order chi connectivity index (χ0) is 16.4. The van der Waals surface area contributed by atoms with Gasteiger partial charge in [0.25, 0.3) is 5.91 Å². The van der Waals surface area contributed by atoms with Crippen molar-refractivity contribution < 1.29 is 9.18 Å². The molecule has 0 saturated carbocycles. The van der Waals surface area contributed by atoms with Crippen LogP contribution in [0.25, 0.3) is 0 Å². The number of nitrogens with zero attached hydrogens (tertiary/aromatic N) is 2. The number of carbonyl (C=O) groups excluding carboxylic acids is 1. The summed E-state index contributed by atoms with van der Waals surface area (Å²) in [5.41, 5.74) is 1.03. The van der Waals surface area contributed by atoms with Gasteiger partial charge in [-0.15, -0.1) is 0 Å². The summed E-state index contributed by atoms with van der Waals surface area (Å²) in [7, 11) is 0. The molecule has 1 aliphatic rings. The van der Waals surface area contributed by atoms with Gasteiger partial charge >= 0.3 is 0 Å². The van der Waals surface area contributed by atoms with Crippen molar-refractivity contribution in [1.82, 2.24) is 15.2 Å². The SMILES string of the molecule is O=C(c1cc(F)c(Cl)cc1Cl)N1CCNCC1c1cccnc1. The Kier molecular flexibility index (Phi) is 4.80. The molecule has 1 N–H and O–H groups in total. The van der Waals surface area contributed by atoms with Crippen LogP contribution < -0.4 is 5.32 Å². The molecule has 0 radical (unpaired) electrons. The summed E-state index contributed by atoms with van der Waals surface area (Å²) in [5, 5.41) is 3.30. The summed E-state index contributed by atoms with van der Waals surface area (Å²) in [6.07, 6.45) is 3.40. The van der Waals surface area contributed by atoms with Crippen LogP contribution in [0.15, 0.2) is 36.7 Å². The molecule has 7 heteroatoms. The van der Waals surface area contributed by atoms with Gasteiger partial charge in [-0.05, 0) is 23.8 Å². The molecule has 23 heavy (non-hydrogen) atoms. The van der Waals surface area contributed by atoms with Gasteiger partial charge in [0.2, 0.25) is 0 Å². The molecule has 0 aliphatic carbocycles. The highest BCUT2D eigenvalue weighted by Crippen LogP contribution is 2.29. The number of rotatable bonds is 2. The Bertz CT molecular complexity index is 727. The number of halogens is 3. The number of benzene rings is 1. The fourth-order valence-electron chi connectivity index (χ4n) is 2.66. The van der Waals surface area contributed by atoms with Crippen molar-refractivity contribution in [2.24, 2.45) is 0 Å². The minimum atomic E-state index is -0.660. The van der Waals surface area contributed by atoms with E-state index in [0.717, 1.165) is 11.6 Å². The fraction of sp³-hybridized carbons (Fsp3) is 0.250. The predicted molar refractivity (Wildman–Crippen MR) is 87.3 cm³/mol.